The van der Waals surface area contributed by atoms with Gasteiger partial charge in [-0.3, -0.25) is 4.57 Å². The second-order valence-electron chi connectivity index (χ2n) is 6.96. The van der Waals surface area contributed by atoms with Gasteiger partial charge < -0.3 is 18.4 Å². The first-order chi connectivity index (χ1) is 13.6. The Hall–Kier alpha value is -2.14. The molecule has 3 aromatic rings. The summed E-state index contributed by atoms with van der Waals surface area (Å²) >= 11 is 0. The van der Waals surface area contributed by atoms with E-state index < -0.39 is 7.60 Å². The summed E-state index contributed by atoms with van der Waals surface area (Å²) in [5.41, 5.74) is 1.38. The Morgan fingerprint density at radius 3 is 2.50 bits per heavy atom. The lowest BCUT2D eigenvalue weighted by molar-refractivity contribution is 0.286. The third-order valence-electron chi connectivity index (χ3n) is 5.24. The molecular formula is C21H25N2O4P. The highest BCUT2D eigenvalue weighted by atomic mass is 31.2. The Morgan fingerprint density at radius 2 is 1.75 bits per heavy atom. The minimum Gasteiger partial charge on any atom is -0.424 e. The van der Waals surface area contributed by atoms with E-state index in [4.69, 9.17) is 13.5 Å². The highest BCUT2D eigenvalue weighted by Gasteiger charge is 2.36. The smallest absolute Gasteiger partial charge is 0.384 e. The van der Waals surface area contributed by atoms with Crippen LogP contribution >= 0.6 is 7.60 Å². The van der Waals surface area contributed by atoms with Crippen molar-refractivity contribution in [2.75, 3.05) is 32.2 Å². The van der Waals surface area contributed by atoms with E-state index in [0.717, 1.165) is 36.9 Å². The van der Waals surface area contributed by atoms with Crippen LogP contribution in [0.4, 0.5) is 5.88 Å². The molecule has 28 heavy (non-hydrogen) atoms. The summed E-state index contributed by atoms with van der Waals surface area (Å²) in [7, 11) is -0.760. The summed E-state index contributed by atoms with van der Waals surface area (Å²) < 4.78 is 29.7. The number of anilines is 1. The molecule has 0 radical (unpaired) electrons. The van der Waals surface area contributed by atoms with Gasteiger partial charge in [0.05, 0.1) is 6.42 Å². The average molecular weight is 400 g/mol. The van der Waals surface area contributed by atoms with Crippen molar-refractivity contribution < 1.29 is 18.0 Å². The Balaban J connectivity index is 1.75. The van der Waals surface area contributed by atoms with Crippen molar-refractivity contribution in [3.63, 3.8) is 0 Å². The van der Waals surface area contributed by atoms with Gasteiger partial charge >= 0.3 is 7.60 Å². The van der Waals surface area contributed by atoms with Gasteiger partial charge in [0.15, 0.2) is 0 Å². The predicted molar refractivity (Wildman–Crippen MR) is 111 cm³/mol. The van der Waals surface area contributed by atoms with Crippen LogP contribution in [0.2, 0.25) is 0 Å². The van der Waals surface area contributed by atoms with Crippen LogP contribution in [0.5, 0.6) is 0 Å². The van der Waals surface area contributed by atoms with E-state index in [2.05, 4.69) is 34.1 Å². The summed E-state index contributed by atoms with van der Waals surface area (Å²) in [6.07, 6.45) is 3.84. The van der Waals surface area contributed by atoms with E-state index in [-0.39, 0.29) is 5.44 Å². The molecule has 1 fully saturated rings. The molecular weight excluding hydrogens is 375 g/mol. The third-order valence-corrected chi connectivity index (χ3v) is 7.01. The maximum Gasteiger partial charge on any atom is 0.384 e. The summed E-state index contributed by atoms with van der Waals surface area (Å²) in [5, 5.41) is 2.33. The lowest BCUT2D eigenvalue weighted by Crippen LogP contribution is -2.32. The Labute approximate surface area is 165 Å². The second-order valence-corrected chi connectivity index (χ2v) is 9.11. The minimum atomic E-state index is -3.52. The molecule has 0 unspecified atom stereocenters. The van der Waals surface area contributed by atoms with Crippen LogP contribution in [0.1, 0.15) is 30.7 Å². The van der Waals surface area contributed by atoms with Crippen LogP contribution < -0.4 is 10.3 Å². The normalized spacial score (nSPS) is 15.3. The number of hydrogen-bond acceptors (Lipinski definition) is 6. The van der Waals surface area contributed by atoms with Gasteiger partial charge in [-0.05, 0) is 35.6 Å². The lowest BCUT2D eigenvalue weighted by atomic mass is 10.0. The molecule has 1 aliphatic heterocycles. The monoisotopic (exact) mass is 400 g/mol. The third kappa shape index (κ3) is 3.60. The summed E-state index contributed by atoms with van der Waals surface area (Å²) in [6, 6.07) is 14.4. The molecule has 2 aromatic carbocycles. The van der Waals surface area contributed by atoms with E-state index in [0.29, 0.717) is 18.2 Å². The molecule has 6 nitrogen and oxygen atoms in total. The first-order valence-corrected chi connectivity index (χ1v) is 11.1. The van der Waals surface area contributed by atoms with Gasteiger partial charge in [-0.2, -0.15) is 0 Å². The standard InChI is InChI=1S/C21H25N2O4P/c1-25-28(24,26-2)20-21(23-13-6-3-7-14-23)27-19(22-20)15-17-11-8-10-16-9-4-5-12-18(16)17/h4-5,8-12H,3,6-7,13-15H2,1-2H3. The number of oxazole rings is 1. The zero-order chi connectivity index (χ0) is 19.6. The number of piperidine rings is 1. The van der Waals surface area contributed by atoms with Crippen molar-refractivity contribution in [2.45, 2.75) is 25.7 Å². The van der Waals surface area contributed by atoms with Crippen molar-refractivity contribution in [1.29, 1.82) is 0 Å². The highest BCUT2D eigenvalue weighted by Crippen LogP contribution is 2.48. The van der Waals surface area contributed by atoms with E-state index >= 15 is 0 Å². The van der Waals surface area contributed by atoms with Crippen LogP contribution in [0, 0.1) is 0 Å². The van der Waals surface area contributed by atoms with Gasteiger partial charge in [0, 0.05) is 27.3 Å². The predicted octanol–water partition coefficient (Wildman–Crippen LogP) is 4.52. The molecule has 1 saturated heterocycles. The van der Waals surface area contributed by atoms with Crippen molar-refractivity contribution in [2.24, 2.45) is 0 Å². The maximum absolute atomic E-state index is 13.1. The number of nitrogens with zero attached hydrogens (tertiary/aromatic N) is 2. The van der Waals surface area contributed by atoms with Crippen LogP contribution in [-0.2, 0) is 20.0 Å². The summed E-state index contributed by atoms with van der Waals surface area (Å²) in [6.45, 7) is 1.70. The molecule has 1 aromatic heterocycles. The van der Waals surface area contributed by atoms with Crippen molar-refractivity contribution in [1.82, 2.24) is 4.98 Å². The van der Waals surface area contributed by atoms with E-state index in [1.807, 2.05) is 18.2 Å². The number of benzene rings is 2. The van der Waals surface area contributed by atoms with Gasteiger partial charge in [-0.25, -0.2) is 4.98 Å². The Bertz CT molecular complexity index is 997. The first-order valence-electron chi connectivity index (χ1n) is 9.58. The van der Waals surface area contributed by atoms with Crippen LogP contribution in [0.15, 0.2) is 46.9 Å². The van der Waals surface area contributed by atoms with Crippen molar-refractivity contribution >= 4 is 29.7 Å². The molecule has 0 bridgehead atoms. The van der Waals surface area contributed by atoms with Crippen LogP contribution in [-0.4, -0.2) is 32.3 Å². The number of rotatable bonds is 6. The largest absolute Gasteiger partial charge is 0.424 e. The lowest BCUT2D eigenvalue weighted by Gasteiger charge is -2.27. The molecule has 0 saturated carbocycles. The average Bonchev–Trinajstić information content (AvgIpc) is 3.18. The molecule has 0 amide bonds. The molecule has 4 rings (SSSR count). The van der Waals surface area contributed by atoms with Gasteiger partial charge in [0.1, 0.15) is 0 Å². The molecule has 1 aliphatic rings. The Kier molecular flexibility index (Phi) is 5.54. The Morgan fingerprint density at radius 1 is 1.04 bits per heavy atom. The molecule has 0 spiro atoms. The second kappa shape index (κ2) is 8.08. The molecule has 148 valence electrons. The number of aromatic nitrogens is 1. The van der Waals surface area contributed by atoms with E-state index in [9.17, 15) is 4.57 Å². The van der Waals surface area contributed by atoms with Crippen LogP contribution in [0.3, 0.4) is 0 Å². The molecule has 0 N–H and O–H groups in total. The fourth-order valence-corrected chi connectivity index (χ4v) is 4.91. The fourth-order valence-electron chi connectivity index (χ4n) is 3.76. The summed E-state index contributed by atoms with van der Waals surface area (Å²) in [5.74, 6) is 1.03. The zero-order valence-electron chi connectivity index (χ0n) is 16.3. The number of fused-ring (bicyclic) bond motifs is 1. The molecule has 2 heterocycles. The highest BCUT2D eigenvalue weighted by molar-refractivity contribution is 7.62. The van der Waals surface area contributed by atoms with Crippen molar-refractivity contribution in [3.05, 3.63) is 53.9 Å². The molecule has 0 atom stereocenters. The number of hydrogen-bond donors (Lipinski definition) is 0. The minimum absolute atomic E-state index is 0.273. The van der Waals surface area contributed by atoms with E-state index in [1.165, 1.54) is 26.0 Å². The quantitative estimate of drug-likeness (QED) is 0.567. The van der Waals surface area contributed by atoms with Crippen LogP contribution in [0.25, 0.3) is 10.8 Å². The van der Waals surface area contributed by atoms with Gasteiger partial charge in [0.25, 0.3) is 0 Å². The zero-order valence-corrected chi connectivity index (χ0v) is 17.2. The van der Waals surface area contributed by atoms with Crippen molar-refractivity contribution in [3.8, 4) is 0 Å². The van der Waals surface area contributed by atoms with Gasteiger partial charge in [-0.1, -0.05) is 42.5 Å². The maximum atomic E-state index is 13.1. The molecule has 0 aliphatic carbocycles. The molecule has 7 heteroatoms. The summed E-state index contributed by atoms with van der Waals surface area (Å²) in [4.78, 5) is 6.68. The van der Waals surface area contributed by atoms with Gasteiger partial charge in [-0.15, -0.1) is 0 Å². The first kappa shape index (κ1) is 19.2. The fraction of sp³-hybridized carbons (Fsp3) is 0.381. The van der Waals surface area contributed by atoms with E-state index in [1.54, 1.807) is 0 Å². The SMILES string of the molecule is COP(=O)(OC)c1nc(Cc2cccc3ccccc23)oc1N1CCCCC1. The topological polar surface area (TPSA) is 64.8 Å². The van der Waals surface area contributed by atoms with Gasteiger partial charge in [0.2, 0.25) is 17.2 Å².